The van der Waals surface area contributed by atoms with E-state index in [1.807, 2.05) is 20.8 Å². The van der Waals surface area contributed by atoms with Gasteiger partial charge in [0.15, 0.2) is 11.4 Å². The van der Waals surface area contributed by atoms with E-state index in [2.05, 4.69) is 15.5 Å². The van der Waals surface area contributed by atoms with Crippen LogP contribution < -0.4 is 5.32 Å². The van der Waals surface area contributed by atoms with Gasteiger partial charge in [-0.25, -0.2) is 0 Å². The van der Waals surface area contributed by atoms with Gasteiger partial charge in [-0.15, -0.1) is 0 Å². The van der Waals surface area contributed by atoms with Crippen molar-refractivity contribution in [2.45, 2.75) is 46.1 Å². The van der Waals surface area contributed by atoms with Crippen molar-refractivity contribution < 1.29 is 14.1 Å². The molecule has 1 N–H and O–H groups in total. The Balaban J connectivity index is 2.77. The Kier molecular flexibility index (Phi) is 5.47. The number of nitrogens with one attached hydrogen (secondary N) is 1. The summed E-state index contributed by atoms with van der Waals surface area (Å²) in [6.07, 6.45) is 1.14. The number of carbonyl (C=O) groups excluding carboxylic acids is 1. The number of aromatic nitrogens is 2. The van der Waals surface area contributed by atoms with Crippen LogP contribution in [0.3, 0.4) is 0 Å². The van der Waals surface area contributed by atoms with Gasteiger partial charge in [0.05, 0.1) is 6.61 Å². The molecule has 0 saturated heterocycles. The van der Waals surface area contributed by atoms with E-state index in [1.54, 1.807) is 19.9 Å². The Morgan fingerprint density at radius 2 is 2.24 bits per heavy atom. The predicted octanol–water partition coefficient (Wildman–Crippen LogP) is 1.99. The van der Waals surface area contributed by atoms with Crippen LogP contribution in [0.4, 0.5) is 0 Å². The molecule has 1 atom stereocenters. The maximum atomic E-state index is 11.9. The first kappa shape index (κ1) is 16.7. The van der Waals surface area contributed by atoms with Crippen LogP contribution in [0.5, 0.6) is 0 Å². The highest BCUT2D eigenvalue weighted by molar-refractivity contribution is 5.97. The normalized spacial score (nSPS) is 13.4. The molecule has 0 fully saturated rings. The molecule has 0 aliphatic heterocycles. The van der Waals surface area contributed by atoms with E-state index in [9.17, 15) is 4.79 Å². The minimum absolute atomic E-state index is 0.112. The summed E-state index contributed by atoms with van der Waals surface area (Å²) >= 11 is 0. The Labute approximate surface area is 124 Å². The molecule has 0 aliphatic rings. The molecule has 21 heavy (non-hydrogen) atoms. The molecule has 1 aromatic heterocycles. The van der Waals surface area contributed by atoms with Crippen molar-refractivity contribution in [3.05, 3.63) is 23.6 Å². The zero-order valence-corrected chi connectivity index (χ0v) is 12.9. The number of hydrogen-bond acceptors (Lipinski definition) is 6. The number of amides is 1. The summed E-state index contributed by atoms with van der Waals surface area (Å²) in [5, 5.41) is 15.4. The van der Waals surface area contributed by atoms with Crippen LogP contribution >= 0.6 is 0 Å². The van der Waals surface area contributed by atoms with E-state index in [-0.39, 0.29) is 11.0 Å². The third-order valence-corrected chi connectivity index (χ3v) is 2.56. The van der Waals surface area contributed by atoms with Crippen molar-refractivity contribution in [2.75, 3.05) is 6.61 Å². The summed E-state index contributed by atoms with van der Waals surface area (Å²) in [7, 11) is 0. The maximum Gasteiger partial charge on any atom is 0.265 e. The van der Waals surface area contributed by atoms with Crippen LogP contribution in [-0.2, 0) is 14.9 Å². The van der Waals surface area contributed by atoms with Crippen molar-refractivity contribution in [1.82, 2.24) is 15.5 Å². The first-order valence-electron chi connectivity index (χ1n) is 6.66. The van der Waals surface area contributed by atoms with Gasteiger partial charge in [-0.1, -0.05) is 25.9 Å². The average Bonchev–Trinajstić information content (AvgIpc) is 2.89. The van der Waals surface area contributed by atoms with Gasteiger partial charge in [0.1, 0.15) is 18.4 Å². The molecule has 0 aliphatic carbocycles. The fourth-order valence-corrected chi connectivity index (χ4v) is 1.35. The Morgan fingerprint density at radius 1 is 1.57 bits per heavy atom. The molecule has 0 spiro atoms. The fourth-order valence-electron chi connectivity index (χ4n) is 1.35. The zero-order valence-electron chi connectivity index (χ0n) is 12.9. The minimum Gasteiger partial charge on any atom is -0.500 e. The monoisotopic (exact) mass is 292 g/mol. The van der Waals surface area contributed by atoms with Crippen molar-refractivity contribution in [3.8, 4) is 6.07 Å². The lowest BCUT2D eigenvalue weighted by atomic mass is 9.96. The summed E-state index contributed by atoms with van der Waals surface area (Å²) < 4.78 is 10.1. The Bertz CT molecular complexity index is 564. The molecule has 1 aromatic rings. The number of hydrogen-bond donors (Lipinski definition) is 1. The summed E-state index contributed by atoms with van der Waals surface area (Å²) in [6, 6.07) is 1.28. The van der Waals surface area contributed by atoms with Gasteiger partial charge in [-0.05, 0) is 13.8 Å². The molecular weight excluding hydrogens is 272 g/mol. The predicted molar refractivity (Wildman–Crippen MR) is 74.9 cm³/mol. The van der Waals surface area contributed by atoms with Gasteiger partial charge < -0.3 is 14.6 Å². The molecule has 1 unspecified atom stereocenters. The first-order valence-corrected chi connectivity index (χ1v) is 6.66. The number of carbonyl (C=O) groups is 1. The number of nitrogens with zero attached hydrogens (tertiary/aromatic N) is 3. The van der Waals surface area contributed by atoms with Crippen molar-refractivity contribution in [2.24, 2.45) is 0 Å². The number of nitriles is 1. The zero-order chi connectivity index (χ0) is 16.0. The lowest BCUT2D eigenvalue weighted by molar-refractivity contribution is -0.118. The molecule has 0 bridgehead atoms. The van der Waals surface area contributed by atoms with Crippen molar-refractivity contribution in [1.29, 1.82) is 5.26 Å². The van der Waals surface area contributed by atoms with E-state index in [1.165, 1.54) is 0 Å². The average molecular weight is 292 g/mol. The van der Waals surface area contributed by atoms with Gasteiger partial charge >= 0.3 is 0 Å². The van der Waals surface area contributed by atoms with E-state index >= 15 is 0 Å². The SMILES string of the molecule is CCO/C=C(\C#N)C(=O)NC(C)c1nc(C(C)(C)C)no1. The van der Waals surface area contributed by atoms with Gasteiger partial charge in [0.2, 0.25) is 5.89 Å². The van der Waals surface area contributed by atoms with E-state index in [0.717, 1.165) is 6.26 Å². The molecule has 0 radical (unpaired) electrons. The van der Waals surface area contributed by atoms with Gasteiger partial charge in [-0.2, -0.15) is 10.2 Å². The molecule has 1 amide bonds. The van der Waals surface area contributed by atoms with E-state index in [0.29, 0.717) is 18.3 Å². The molecule has 0 saturated carbocycles. The number of ether oxygens (including phenoxy) is 1. The smallest absolute Gasteiger partial charge is 0.265 e. The molecule has 0 aromatic carbocycles. The first-order chi connectivity index (χ1) is 9.79. The van der Waals surface area contributed by atoms with Gasteiger partial charge in [0, 0.05) is 5.41 Å². The Morgan fingerprint density at radius 3 is 2.71 bits per heavy atom. The fraction of sp³-hybridized carbons (Fsp3) is 0.571. The largest absolute Gasteiger partial charge is 0.500 e. The standard InChI is InChI=1S/C14H20N4O3/c1-6-20-8-10(7-15)11(19)16-9(2)12-17-13(18-21-12)14(3,4)5/h8-9H,6H2,1-5H3,(H,16,19)/b10-8+. The second kappa shape index (κ2) is 6.88. The molecule has 7 heteroatoms. The van der Waals surface area contributed by atoms with Crippen LogP contribution in [0.2, 0.25) is 0 Å². The minimum atomic E-state index is -0.547. The number of rotatable bonds is 5. The molecule has 1 heterocycles. The Hall–Kier alpha value is -2.36. The van der Waals surface area contributed by atoms with Gasteiger partial charge in [0.25, 0.3) is 5.91 Å². The third kappa shape index (κ3) is 4.60. The van der Waals surface area contributed by atoms with Crippen LogP contribution in [0.15, 0.2) is 16.4 Å². The highest BCUT2D eigenvalue weighted by Crippen LogP contribution is 2.20. The molecule has 114 valence electrons. The topological polar surface area (TPSA) is 101 Å². The highest BCUT2D eigenvalue weighted by Gasteiger charge is 2.24. The second-order valence-corrected chi connectivity index (χ2v) is 5.50. The lowest BCUT2D eigenvalue weighted by Crippen LogP contribution is -2.28. The van der Waals surface area contributed by atoms with Crippen molar-refractivity contribution >= 4 is 5.91 Å². The van der Waals surface area contributed by atoms with E-state index in [4.69, 9.17) is 14.5 Å². The van der Waals surface area contributed by atoms with Crippen LogP contribution in [0.25, 0.3) is 0 Å². The summed E-state index contributed by atoms with van der Waals surface area (Å²) in [4.78, 5) is 16.2. The van der Waals surface area contributed by atoms with Crippen LogP contribution in [-0.4, -0.2) is 22.7 Å². The van der Waals surface area contributed by atoms with E-state index < -0.39 is 11.9 Å². The highest BCUT2D eigenvalue weighted by atomic mass is 16.5. The molecule has 7 nitrogen and oxygen atoms in total. The lowest BCUT2D eigenvalue weighted by Gasteiger charge is -2.11. The molecule has 1 rings (SSSR count). The summed E-state index contributed by atoms with van der Waals surface area (Å²) in [6.45, 7) is 9.73. The second-order valence-electron chi connectivity index (χ2n) is 5.50. The molecular formula is C14H20N4O3. The van der Waals surface area contributed by atoms with Crippen molar-refractivity contribution in [3.63, 3.8) is 0 Å². The van der Waals surface area contributed by atoms with Crippen LogP contribution in [0.1, 0.15) is 52.4 Å². The van der Waals surface area contributed by atoms with Crippen LogP contribution in [0, 0.1) is 11.3 Å². The maximum absolute atomic E-state index is 11.9. The third-order valence-electron chi connectivity index (χ3n) is 2.56. The summed E-state index contributed by atoms with van der Waals surface area (Å²) in [5.41, 5.74) is -0.350. The summed E-state index contributed by atoms with van der Waals surface area (Å²) in [5.74, 6) is 0.305. The van der Waals surface area contributed by atoms with Gasteiger partial charge in [-0.3, -0.25) is 4.79 Å². The quantitative estimate of drug-likeness (QED) is 0.506.